The van der Waals surface area contributed by atoms with E-state index in [1.807, 2.05) is 9.47 Å². The van der Waals surface area contributed by atoms with Crippen LogP contribution in [0.25, 0.3) is 11.0 Å². The lowest BCUT2D eigenvalue weighted by atomic mass is 10.0. The van der Waals surface area contributed by atoms with Crippen LogP contribution in [0.5, 0.6) is 0 Å². The molecular weight excluding hydrogens is 520 g/mol. The standard InChI is InChI=1S/C28H31F2N7O3/c1-2-3-24-33-28(40-34-24)35-9-6-19(7-10-35)37-15-22(30)25-23(31-16-32-26(25)37)13-17-4-5-18(12-21(17)29)27(39)36-11-8-20(38)14-36/h4-5,12,15-16,19-20,38H,2-3,6-11,13-14H2,1H3/t20-/m1/s1. The van der Waals surface area contributed by atoms with E-state index in [2.05, 4.69) is 27.0 Å². The first-order valence-electron chi connectivity index (χ1n) is 13.7. The van der Waals surface area contributed by atoms with Gasteiger partial charge in [0.15, 0.2) is 11.6 Å². The monoisotopic (exact) mass is 551 g/mol. The van der Waals surface area contributed by atoms with Gasteiger partial charge in [0.25, 0.3) is 5.91 Å². The number of aryl methyl sites for hydroxylation is 1. The summed E-state index contributed by atoms with van der Waals surface area (Å²) in [6.45, 7) is 4.12. The number of fused-ring (bicyclic) bond motifs is 1. The maximum absolute atomic E-state index is 15.3. The van der Waals surface area contributed by atoms with E-state index in [0.717, 1.165) is 25.7 Å². The highest BCUT2D eigenvalue weighted by atomic mass is 19.1. The molecular formula is C28H31F2N7O3. The van der Waals surface area contributed by atoms with Gasteiger partial charge >= 0.3 is 6.01 Å². The van der Waals surface area contributed by atoms with Gasteiger partial charge in [0.2, 0.25) is 0 Å². The first-order valence-corrected chi connectivity index (χ1v) is 13.7. The molecule has 0 bridgehead atoms. The van der Waals surface area contributed by atoms with Gasteiger partial charge < -0.3 is 24.0 Å². The number of hydrogen-bond acceptors (Lipinski definition) is 8. The van der Waals surface area contributed by atoms with Crippen molar-refractivity contribution in [3.63, 3.8) is 0 Å². The molecule has 0 saturated carbocycles. The number of anilines is 1. The Balaban J connectivity index is 1.18. The predicted octanol–water partition coefficient (Wildman–Crippen LogP) is 3.68. The van der Waals surface area contributed by atoms with Crippen LogP contribution >= 0.6 is 0 Å². The third-order valence-corrected chi connectivity index (χ3v) is 7.81. The number of rotatable bonds is 7. The van der Waals surface area contributed by atoms with Gasteiger partial charge in [-0.1, -0.05) is 18.1 Å². The van der Waals surface area contributed by atoms with Crippen LogP contribution in [0.2, 0.25) is 0 Å². The number of aliphatic hydroxyl groups is 1. The fourth-order valence-electron chi connectivity index (χ4n) is 5.66. The lowest BCUT2D eigenvalue weighted by molar-refractivity contribution is 0.0764. The molecule has 210 valence electrons. The normalized spacial score (nSPS) is 18.2. The first-order chi connectivity index (χ1) is 19.4. The minimum Gasteiger partial charge on any atom is -0.391 e. The zero-order valence-electron chi connectivity index (χ0n) is 22.3. The molecule has 1 amide bonds. The third kappa shape index (κ3) is 5.03. The highest BCUT2D eigenvalue weighted by Gasteiger charge is 2.28. The zero-order chi connectivity index (χ0) is 27.8. The molecule has 6 rings (SSSR count). The minimum atomic E-state index is -0.562. The lowest BCUT2D eigenvalue weighted by Crippen LogP contribution is -2.34. The van der Waals surface area contributed by atoms with E-state index in [9.17, 15) is 9.90 Å². The molecule has 0 spiro atoms. The summed E-state index contributed by atoms with van der Waals surface area (Å²) in [5.74, 6) is -0.630. The van der Waals surface area contributed by atoms with Gasteiger partial charge in [-0.3, -0.25) is 4.79 Å². The Morgan fingerprint density at radius 2 is 1.95 bits per heavy atom. The van der Waals surface area contributed by atoms with Gasteiger partial charge in [-0.15, -0.1) is 0 Å². The van der Waals surface area contributed by atoms with Crippen molar-refractivity contribution in [3.8, 4) is 0 Å². The molecule has 2 aliphatic heterocycles. The number of likely N-dealkylation sites (tertiary alicyclic amines) is 1. The summed E-state index contributed by atoms with van der Waals surface area (Å²) in [5.41, 5.74) is 1.38. The number of carbonyl (C=O) groups is 1. The molecule has 2 saturated heterocycles. The van der Waals surface area contributed by atoms with Crippen LogP contribution in [0.15, 0.2) is 35.2 Å². The van der Waals surface area contributed by atoms with Gasteiger partial charge in [-0.2, -0.15) is 4.98 Å². The van der Waals surface area contributed by atoms with Crippen molar-refractivity contribution in [2.45, 2.75) is 57.6 Å². The molecule has 40 heavy (non-hydrogen) atoms. The molecule has 10 nitrogen and oxygen atoms in total. The van der Waals surface area contributed by atoms with Crippen LogP contribution < -0.4 is 4.90 Å². The summed E-state index contributed by atoms with van der Waals surface area (Å²) in [7, 11) is 0. The second-order valence-corrected chi connectivity index (χ2v) is 10.5. The smallest absolute Gasteiger partial charge is 0.324 e. The predicted molar refractivity (Wildman–Crippen MR) is 142 cm³/mol. The number of nitrogens with zero attached hydrogens (tertiary/aromatic N) is 7. The van der Waals surface area contributed by atoms with E-state index in [-0.39, 0.29) is 35.9 Å². The average molecular weight is 552 g/mol. The molecule has 1 atom stereocenters. The van der Waals surface area contributed by atoms with Crippen molar-refractivity contribution in [2.75, 3.05) is 31.1 Å². The number of β-amino-alcohol motifs (C(OH)–C–C–N with tert-alkyl or cyclic N) is 1. The molecule has 4 aromatic rings. The Kier molecular flexibility index (Phi) is 7.18. The molecule has 0 unspecified atom stereocenters. The lowest BCUT2D eigenvalue weighted by Gasteiger charge is -2.31. The minimum absolute atomic E-state index is 0.0233. The number of piperidine rings is 1. The summed E-state index contributed by atoms with van der Waals surface area (Å²) >= 11 is 0. The van der Waals surface area contributed by atoms with Gasteiger partial charge in [0.1, 0.15) is 17.8 Å². The number of halogens is 2. The van der Waals surface area contributed by atoms with Crippen molar-refractivity contribution < 1.29 is 23.2 Å². The van der Waals surface area contributed by atoms with Crippen molar-refractivity contribution in [3.05, 3.63) is 65.0 Å². The second kappa shape index (κ2) is 10.9. The molecule has 5 heterocycles. The Morgan fingerprint density at radius 3 is 2.67 bits per heavy atom. The topological polar surface area (TPSA) is 113 Å². The fraction of sp³-hybridized carbons (Fsp3) is 0.464. The molecule has 1 aromatic carbocycles. The summed E-state index contributed by atoms with van der Waals surface area (Å²) in [6, 6.07) is 4.84. The maximum Gasteiger partial charge on any atom is 0.324 e. The largest absolute Gasteiger partial charge is 0.391 e. The van der Waals surface area contributed by atoms with Crippen molar-refractivity contribution >= 4 is 23.0 Å². The zero-order valence-corrected chi connectivity index (χ0v) is 22.3. The third-order valence-electron chi connectivity index (χ3n) is 7.81. The summed E-state index contributed by atoms with van der Waals surface area (Å²) in [4.78, 5) is 29.4. The SMILES string of the molecule is CCCc1noc(N2CCC(n3cc(F)c4c(Cc5ccc(C(=O)N6CC[C@@H](O)C6)cc5F)ncnc43)CC2)n1. The van der Waals surface area contributed by atoms with Crippen LogP contribution in [0.4, 0.5) is 14.8 Å². The van der Waals surface area contributed by atoms with Crippen molar-refractivity contribution in [1.29, 1.82) is 0 Å². The summed E-state index contributed by atoms with van der Waals surface area (Å²) in [5, 5.41) is 14.0. The number of aromatic nitrogens is 5. The number of amides is 1. The molecule has 0 aliphatic carbocycles. The van der Waals surface area contributed by atoms with E-state index in [4.69, 9.17) is 4.52 Å². The number of hydrogen-bond donors (Lipinski definition) is 1. The van der Waals surface area contributed by atoms with E-state index >= 15 is 8.78 Å². The Bertz CT molecular complexity index is 1530. The van der Waals surface area contributed by atoms with Crippen LogP contribution in [0.3, 0.4) is 0 Å². The molecule has 1 N–H and O–H groups in total. The van der Waals surface area contributed by atoms with Gasteiger partial charge in [-0.05, 0) is 43.4 Å². The molecule has 12 heteroatoms. The molecule has 3 aromatic heterocycles. The van der Waals surface area contributed by atoms with Crippen LogP contribution in [-0.4, -0.2) is 72.9 Å². The van der Waals surface area contributed by atoms with E-state index < -0.39 is 17.7 Å². The van der Waals surface area contributed by atoms with Crippen LogP contribution in [0.1, 0.15) is 66.1 Å². The maximum atomic E-state index is 15.3. The quantitative estimate of drug-likeness (QED) is 0.370. The number of aliphatic hydroxyl groups excluding tert-OH is 1. The van der Waals surface area contributed by atoms with E-state index in [0.29, 0.717) is 54.8 Å². The van der Waals surface area contributed by atoms with E-state index in [1.54, 1.807) is 6.07 Å². The highest BCUT2D eigenvalue weighted by molar-refractivity contribution is 5.94. The second-order valence-electron chi connectivity index (χ2n) is 10.5. The summed E-state index contributed by atoms with van der Waals surface area (Å²) in [6.07, 6.45) is 6.05. The van der Waals surface area contributed by atoms with Crippen molar-refractivity contribution in [2.24, 2.45) is 0 Å². The van der Waals surface area contributed by atoms with Gasteiger partial charge in [-0.25, -0.2) is 18.7 Å². The average Bonchev–Trinajstić information content (AvgIpc) is 3.69. The van der Waals surface area contributed by atoms with E-state index in [1.165, 1.54) is 29.6 Å². The van der Waals surface area contributed by atoms with Crippen LogP contribution in [0, 0.1) is 11.6 Å². The fourth-order valence-corrected chi connectivity index (χ4v) is 5.66. The number of carbonyl (C=O) groups excluding carboxylic acids is 1. The van der Waals surface area contributed by atoms with Gasteiger partial charge in [0.05, 0.1) is 17.2 Å². The molecule has 2 aliphatic rings. The first kappa shape index (κ1) is 26.3. The van der Waals surface area contributed by atoms with Crippen LogP contribution in [-0.2, 0) is 12.8 Å². The molecule has 2 fully saturated rings. The molecule has 0 radical (unpaired) electrons. The Morgan fingerprint density at radius 1 is 1.12 bits per heavy atom. The van der Waals surface area contributed by atoms with Gasteiger partial charge in [0, 0.05) is 56.8 Å². The Hall–Kier alpha value is -3.93. The number of benzene rings is 1. The summed E-state index contributed by atoms with van der Waals surface area (Å²) < 4.78 is 37.7. The van der Waals surface area contributed by atoms with Crippen molar-refractivity contribution in [1.82, 2.24) is 29.6 Å². The highest BCUT2D eigenvalue weighted by Crippen LogP contribution is 2.32. The Labute approximate surface area is 229 Å².